The molecule has 36 heavy (non-hydrogen) atoms. The number of nitrogens with zero attached hydrogens (tertiary/aromatic N) is 2. The van der Waals surface area contributed by atoms with Crippen molar-refractivity contribution in [2.45, 2.75) is 57.9 Å². The maximum atomic E-state index is 13.2. The van der Waals surface area contributed by atoms with Gasteiger partial charge in [-0.05, 0) is 69.2 Å². The zero-order valence-corrected chi connectivity index (χ0v) is 19.9. The number of Topliss-reactive ketones (excluding diaryl/α,β-unsaturated/α-hetero) is 1. The average Bonchev–Trinajstić information content (AvgIpc) is 2.94. The molecule has 3 N–H and O–H groups in total. The van der Waals surface area contributed by atoms with E-state index in [4.69, 9.17) is 5.73 Å². The fourth-order valence-electron chi connectivity index (χ4n) is 4.79. The molecule has 0 spiro atoms. The van der Waals surface area contributed by atoms with Crippen molar-refractivity contribution in [3.05, 3.63) is 68.8 Å². The van der Waals surface area contributed by atoms with Crippen molar-refractivity contribution in [3.63, 3.8) is 0 Å². The number of ether oxygens (including phenoxy) is 1. The number of hydrogen-bond donors (Lipinski definition) is 2. The number of nitrogens with two attached hydrogens (primary N) is 1. The van der Waals surface area contributed by atoms with Gasteiger partial charge < -0.3 is 15.8 Å². The Morgan fingerprint density at radius 2 is 1.94 bits per heavy atom. The number of nitrogens with one attached hydrogen (secondary N) is 1. The molecular formula is C25H27F3N4O4. The minimum absolute atomic E-state index is 0.0290. The summed E-state index contributed by atoms with van der Waals surface area (Å²) in [6.07, 6.45) is 2.48. The predicted molar refractivity (Wildman–Crippen MR) is 127 cm³/mol. The maximum absolute atomic E-state index is 13.2. The molecule has 1 amide bonds. The summed E-state index contributed by atoms with van der Waals surface area (Å²) in [5.74, 6) is -1.73. The van der Waals surface area contributed by atoms with E-state index < -0.39 is 23.8 Å². The van der Waals surface area contributed by atoms with Crippen molar-refractivity contribution in [1.82, 2.24) is 9.36 Å². The van der Waals surface area contributed by atoms with Gasteiger partial charge in [0.1, 0.15) is 17.1 Å². The summed E-state index contributed by atoms with van der Waals surface area (Å²) in [5, 5.41) is 2.58. The van der Waals surface area contributed by atoms with E-state index in [9.17, 15) is 27.6 Å². The van der Waals surface area contributed by atoms with Crippen LogP contribution in [0.25, 0.3) is 0 Å². The number of amides is 1. The van der Waals surface area contributed by atoms with Gasteiger partial charge in [0.15, 0.2) is 5.78 Å². The quantitative estimate of drug-likeness (QED) is 0.371. The molecule has 4 rings (SSSR count). The summed E-state index contributed by atoms with van der Waals surface area (Å²) in [5.41, 5.74) is 6.68. The Kier molecular flexibility index (Phi) is 6.83. The van der Waals surface area contributed by atoms with Gasteiger partial charge in [-0.3, -0.25) is 19.1 Å². The monoisotopic (exact) mass is 504 g/mol. The summed E-state index contributed by atoms with van der Waals surface area (Å²) in [6, 6.07) is 3.45. The van der Waals surface area contributed by atoms with Crippen LogP contribution in [0.2, 0.25) is 0 Å². The van der Waals surface area contributed by atoms with Crippen LogP contribution in [0.1, 0.15) is 59.8 Å². The topological polar surface area (TPSA) is 108 Å². The Bertz CT molecular complexity index is 1330. The third-order valence-electron chi connectivity index (χ3n) is 6.69. The van der Waals surface area contributed by atoms with Crippen molar-refractivity contribution in [3.8, 4) is 5.75 Å². The van der Waals surface area contributed by atoms with Crippen LogP contribution in [-0.4, -0.2) is 27.4 Å². The van der Waals surface area contributed by atoms with E-state index >= 15 is 0 Å². The molecule has 1 atom stereocenters. The number of allylic oxidation sites excluding steroid dienone is 3. The Balaban J connectivity index is 1.61. The average molecular weight is 505 g/mol. The normalized spacial score (nSPS) is 19.5. The minimum atomic E-state index is -4.85. The number of benzene rings is 1. The third-order valence-corrected chi connectivity index (χ3v) is 6.69. The molecule has 11 heteroatoms. The SMILES string of the molecule is Cc1c(NC(=O)C(N)=C2CCCc3cc(OC(F)(F)F)ccc3C2=O)c(=O)n(C2CC=CCC2)n1C. The van der Waals surface area contributed by atoms with Gasteiger partial charge in [0, 0.05) is 18.2 Å². The van der Waals surface area contributed by atoms with Crippen molar-refractivity contribution in [1.29, 1.82) is 0 Å². The van der Waals surface area contributed by atoms with Crippen LogP contribution >= 0.6 is 0 Å². The van der Waals surface area contributed by atoms with Gasteiger partial charge in [-0.15, -0.1) is 13.2 Å². The molecule has 1 aromatic heterocycles. The van der Waals surface area contributed by atoms with E-state index in [2.05, 4.69) is 16.1 Å². The number of alkyl halides is 3. The van der Waals surface area contributed by atoms with Gasteiger partial charge in [0.25, 0.3) is 11.5 Å². The number of hydrogen-bond acceptors (Lipinski definition) is 5. The number of rotatable bonds is 4. The highest BCUT2D eigenvalue weighted by atomic mass is 19.4. The van der Waals surface area contributed by atoms with Crippen molar-refractivity contribution < 1.29 is 27.5 Å². The van der Waals surface area contributed by atoms with Crippen molar-refractivity contribution in [2.24, 2.45) is 12.8 Å². The molecule has 1 unspecified atom stereocenters. The lowest BCUT2D eigenvalue weighted by atomic mass is 9.98. The highest BCUT2D eigenvalue weighted by molar-refractivity contribution is 6.16. The molecule has 2 aliphatic carbocycles. The zero-order chi connectivity index (χ0) is 26.2. The summed E-state index contributed by atoms with van der Waals surface area (Å²) < 4.78 is 45.0. The standard InChI is InChI=1S/C25H27F3N4O4/c1-14-21(24(35)32(31(14)2)16-8-4-3-5-9-16)30-23(34)20(29)19-10-6-7-15-13-17(36-25(26,27)28)11-12-18(15)22(19)33/h3-4,11-13,16H,5-10,29H2,1-2H3,(H,30,34). The lowest BCUT2D eigenvalue weighted by Crippen LogP contribution is -2.30. The highest BCUT2D eigenvalue weighted by Gasteiger charge is 2.32. The van der Waals surface area contributed by atoms with Gasteiger partial charge >= 0.3 is 6.36 Å². The van der Waals surface area contributed by atoms with Crippen LogP contribution < -0.4 is 21.3 Å². The molecule has 1 heterocycles. The zero-order valence-electron chi connectivity index (χ0n) is 19.9. The molecule has 0 radical (unpaired) electrons. The first-order chi connectivity index (χ1) is 17.0. The van der Waals surface area contributed by atoms with Crippen LogP contribution in [0.5, 0.6) is 5.75 Å². The van der Waals surface area contributed by atoms with E-state index in [1.807, 2.05) is 6.08 Å². The van der Waals surface area contributed by atoms with Crippen LogP contribution in [-0.2, 0) is 18.3 Å². The third kappa shape index (κ3) is 4.95. The molecule has 1 aromatic carbocycles. The predicted octanol–water partition coefficient (Wildman–Crippen LogP) is 4.05. The molecule has 0 aliphatic heterocycles. The summed E-state index contributed by atoms with van der Waals surface area (Å²) >= 11 is 0. The van der Waals surface area contributed by atoms with Crippen molar-refractivity contribution in [2.75, 3.05) is 5.32 Å². The number of carbonyl (C=O) groups excluding carboxylic acids is 2. The molecule has 2 aliphatic rings. The van der Waals surface area contributed by atoms with Crippen LogP contribution in [0.3, 0.4) is 0 Å². The molecule has 0 saturated carbocycles. The van der Waals surface area contributed by atoms with Crippen molar-refractivity contribution >= 4 is 17.4 Å². The molecule has 192 valence electrons. The van der Waals surface area contributed by atoms with E-state index in [1.54, 1.807) is 23.3 Å². The second-order valence-electron chi connectivity index (χ2n) is 8.97. The second-order valence-corrected chi connectivity index (χ2v) is 8.97. The van der Waals surface area contributed by atoms with E-state index in [1.165, 1.54) is 12.1 Å². The Labute approximate surface area is 205 Å². The smallest absolute Gasteiger partial charge is 0.406 e. The molecular weight excluding hydrogens is 477 g/mol. The summed E-state index contributed by atoms with van der Waals surface area (Å²) in [6.45, 7) is 1.71. The lowest BCUT2D eigenvalue weighted by molar-refractivity contribution is -0.274. The highest BCUT2D eigenvalue weighted by Crippen LogP contribution is 2.31. The van der Waals surface area contributed by atoms with E-state index in [-0.39, 0.29) is 40.5 Å². The number of halogens is 3. The van der Waals surface area contributed by atoms with Crippen LogP contribution in [0.4, 0.5) is 18.9 Å². The fourth-order valence-corrected chi connectivity index (χ4v) is 4.79. The van der Waals surface area contributed by atoms with Gasteiger partial charge in [-0.25, -0.2) is 4.68 Å². The first-order valence-corrected chi connectivity index (χ1v) is 11.6. The van der Waals surface area contributed by atoms with E-state index in [0.29, 0.717) is 30.5 Å². The van der Waals surface area contributed by atoms with Gasteiger partial charge in [-0.2, -0.15) is 0 Å². The summed E-state index contributed by atoms with van der Waals surface area (Å²) in [4.78, 5) is 39.4. The number of fused-ring (bicyclic) bond motifs is 1. The number of aryl methyl sites for hydroxylation is 1. The molecule has 0 bridgehead atoms. The van der Waals surface area contributed by atoms with Gasteiger partial charge in [-0.1, -0.05) is 12.2 Å². The number of aromatic nitrogens is 2. The van der Waals surface area contributed by atoms with Gasteiger partial charge in [0.2, 0.25) is 0 Å². The second kappa shape index (κ2) is 9.71. The lowest BCUT2D eigenvalue weighted by Gasteiger charge is -2.21. The fraction of sp³-hybridized carbons (Fsp3) is 0.400. The van der Waals surface area contributed by atoms with Crippen LogP contribution in [0, 0.1) is 6.92 Å². The van der Waals surface area contributed by atoms with Crippen LogP contribution in [0.15, 0.2) is 46.4 Å². The van der Waals surface area contributed by atoms with E-state index in [0.717, 1.165) is 18.9 Å². The molecule has 2 aromatic rings. The Morgan fingerprint density at radius 3 is 2.61 bits per heavy atom. The Hall–Kier alpha value is -3.76. The minimum Gasteiger partial charge on any atom is -0.406 e. The largest absolute Gasteiger partial charge is 0.573 e. The Morgan fingerprint density at radius 1 is 1.19 bits per heavy atom. The summed E-state index contributed by atoms with van der Waals surface area (Å²) in [7, 11) is 1.75. The number of ketones is 1. The molecule has 0 fully saturated rings. The molecule has 0 saturated heterocycles. The number of anilines is 1. The number of carbonyl (C=O) groups is 2. The molecule has 8 nitrogen and oxygen atoms in total. The van der Waals surface area contributed by atoms with Gasteiger partial charge in [0.05, 0.1) is 11.7 Å². The first kappa shape index (κ1) is 25.3. The maximum Gasteiger partial charge on any atom is 0.573 e. The first-order valence-electron chi connectivity index (χ1n) is 11.6.